The zero-order chi connectivity index (χ0) is 8.77. The summed E-state index contributed by atoms with van der Waals surface area (Å²) in [6.45, 7) is 0. The Bertz CT molecular complexity index is 313. The Kier molecular flexibility index (Phi) is 1.74. The van der Waals surface area contributed by atoms with Gasteiger partial charge in [-0.05, 0) is 12.5 Å². The van der Waals surface area contributed by atoms with Crippen LogP contribution in [0.25, 0.3) is 0 Å². The van der Waals surface area contributed by atoms with Crippen LogP contribution in [0.1, 0.15) is 12.0 Å². The average Bonchev–Trinajstić information content (AvgIpc) is 2.61. The van der Waals surface area contributed by atoms with E-state index in [1.807, 2.05) is 12.1 Å². The van der Waals surface area contributed by atoms with Crippen molar-refractivity contribution >= 4 is 23.2 Å². The highest BCUT2D eigenvalue weighted by atomic mass is 35.5. The number of hydrogen-bond acceptors (Lipinski definition) is 1. The Labute approximate surface area is 80.9 Å². The highest BCUT2D eigenvalue weighted by Gasteiger charge is 2.54. The van der Waals surface area contributed by atoms with Gasteiger partial charge in [0.15, 0.2) is 0 Å². The molecule has 1 nitrogen and oxygen atoms in total. The number of hydrogen-bond donors (Lipinski definition) is 1. The summed E-state index contributed by atoms with van der Waals surface area (Å²) in [4.78, 5) is -0.521. The van der Waals surface area contributed by atoms with E-state index in [1.165, 1.54) is 0 Å². The number of alkyl halides is 2. The number of aromatic hydroxyl groups is 1. The Morgan fingerprint density at radius 2 is 2.00 bits per heavy atom. The van der Waals surface area contributed by atoms with E-state index < -0.39 is 4.87 Å². The lowest BCUT2D eigenvalue weighted by molar-refractivity contribution is 0.466. The van der Waals surface area contributed by atoms with Crippen LogP contribution in [0.3, 0.4) is 0 Å². The molecule has 1 saturated carbocycles. The van der Waals surface area contributed by atoms with E-state index in [9.17, 15) is 5.11 Å². The molecule has 0 aliphatic heterocycles. The summed E-state index contributed by atoms with van der Waals surface area (Å²) in [5, 5.41) is 9.41. The van der Waals surface area contributed by atoms with Crippen molar-refractivity contribution in [1.29, 1.82) is 0 Å². The largest absolute Gasteiger partial charge is 0.508 e. The van der Waals surface area contributed by atoms with Crippen molar-refractivity contribution in [2.75, 3.05) is 0 Å². The molecular weight excluding hydrogens is 195 g/mol. The summed E-state index contributed by atoms with van der Waals surface area (Å²) in [5.41, 5.74) is 0.742. The minimum Gasteiger partial charge on any atom is -0.508 e. The molecule has 0 spiro atoms. The lowest BCUT2D eigenvalue weighted by Crippen LogP contribution is -2.00. The molecule has 0 aromatic heterocycles. The van der Waals surface area contributed by atoms with E-state index in [4.69, 9.17) is 23.2 Å². The van der Waals surface area contributed by atoms with Gasteiger partial charge in [0.1, 0.15) is 5.75 Å². The number of para-hydroxylation sites is 1. The van der Waals surface area contributed by atoms with E-state index in [0.29, 0.717) is 0 Å². The van der Waals surface area contributed by atoms with E-state index >= 15 is 0 Å². The van der Waals surface area contributed by atoms with Gasteiger partial charge in [-0.15, -0.1) is 23.2 Å². The smallest absolute Gasteiger partial charge is 0.120 e. The second-order valence-electron chi connectivity index (χ2n) is 3.05. The van der Waals surface area contributed by atoms with Crippen molar-refractivity contribution < 1.29 is 5.11 Å². The average molecular weight is 203 g/mol. The molecule has 12 heavy (non-hydrogen) atoms. The maximum absolute atomic E-state index is 9.46. The monoisotopic (exact) mass is 202 g/mol. The Balaban J connectivity index is 2.41. The fourth-order valence-electron chi connectivity index (χ4n) is 1.31. The summed E-state index contributed by atoms with van der Waals surface area (Å²) in [6, 6.07) is 7.05. The van der Waals surface area contributed by atoms with Gasteiger partial charge in [0, 0.05) is 5.56 Å². The number of phenols is 1. The van der Waals surface area contributed by atoms with Crippen LogP contribution in [0.4, 0.5) is 0 Å². The molecule has 0 radical (unpaired) electrons. The first-order valence-electron chi connectivity index (χ1n) is 3.76. The van der Waals surface area contributed by atoms with Crippen LogP contribution in [-0.4, -0.2) is 10.5 Å². The third-order valence-electron chi connectivity index (χ3n) is 2.16. The van der Waals surface area contributed by atoms with Crippen LogP contribution >= 0.6 is 23.2 Å². The molecule has 1 aromatic rings. The van der Waals surface area contributed by atoms with Crippen LogP contribution in [0, 0.1) is 0 Å². The third-order valence-corrected chi connectivity index (χ3v) is 3.42. The molecule has 1 fully saturated rings. The minimum atomic E-state index is -0.521. The molecule has 1 aromatic carbocycles. The highest BCUT2D eigenvalue weighted by molar-refractivity contribution is 6.37. The lowest BCUT2D eigenvalue weighted by Gasteiger charge is -2.08. The van der Waals surface area contributed by atoms with Gasteiger partial charge in [-0.3, -0.25) is 0 Å². The second kappa shape index (κ2) is 2.54. The number of phenolic OH excluding ortho intramolecular Hbond substituents is 1. The summed E-state index contributed by atoms with van der Waals surface area (Å²) in [5.74, 6) is 0.232. The fraction of sp³-hybridized carbons (Fsp3) is 0.333. The summed E-state index contributed by atoms with van der Waals surface area (Å²) in [6.07, 6.45) is 0.730. The third kappa shape index (κ3) is 1.08. The van der Waals surface area contributed by atoms with Gasteiger partial charge in [-0.25, -0.2) is 0 Å². The predicted molar refractivity (Wildman–Crippen MR) is 49.9 cm³/mol. The van der Waals surface area contributed by atoms with Gasteiger partial charge in [-0.1, -0.05) is 18.2 Å². The SMILES string of the molecule is Oc1ccccc1C1(Cl)CC1Cl. The van der Waals surface area contributed by atoms with Crippen molar-refractivity contribution in [2.24, 2.45) is 0 Å². The van der Waals surface area contributed by atoms with Gasteiger partial charge >= 0.3 is 0 Å². The molecular formula is C9H8Cl2O. The van der Waals surface area contributed by atoms with Crippen LogP contribution in [-0.2, 0) is 4.87 Å². The van der Waals surface area contributed by atoms with Crippen molar-refractivity contribution in [3.05, 3.63) is 29.8 Å². The van der Waals surface area contributed by atoms with Gasteiger partial charge in [-0.2, -0.15) is 0 Å². The topological polar surface area (TPSA) is 20.2 Å². The fourth-order valence-corrected chi connectivity index (χ4v) is 2.06. The number of benzene rings is 1. The van der Waals surface area contributed by atoms with Gasteiger partial charge in [0.05, 0.1) is 10.3 Å². The van der Waals surface area contributed by atoms with Gasteiger partial charge < -0.3 is 5.11 Å². The Morgan fingerprint density at radius 1 is 1.42 bits per heavy atom. The Morgan fingerprint density at radius 3 is 2.50 bits per heavy atom. The van der Waals surface area contributed by atoms with Crippen LogP contribution < -0.4 is 0 Å². The first-order chi connectivity index (χ1) is 5.64. The van der Waals surface area contributed by atoms with E-state index in [-0.39, 0.29) is 11.1 Å². The van der Waals surface area contributed by atoms with Gasteiger partial charge in [0.2, 0.25) is 0 Å². The quantitative estimate of drug-likeness (QED) is 0.695. The van der Waals surface area contributed by atoms with E-state index in [1.54, 1.807) is 12.1 Å². The van der Waals surface area contributed by atoms with E-state index in [0.717, 1.165) is 12.0 Å². The van der Waals surface area contributed by atoms with E-state index in [2.05, 4.69) is 0 Å². The molecule has 64 valence electrons. The second-order valence-corrected chi connectivity index (χ2v) is 4.25. The Hall–Kier alpha value is -0.400. The number of rotatable bonds is 1. The highest BCUT2D eigenvalue weighted by Crippen LogP contribution is 2.57. The zero-order valence-electron chi connectivity index (χ0n) is 6.30. The maximum atomic E-state index is 9.46. The number of halogens is 2. The molecule has 1 N–H and O–H groups in total. The molecule has 0 amide bonds. The zero-order valence-corrected chi connectivity index (χ0v) is 7.81. The molecule has 3 heteroatoms. The molecule has 0 heterocycles. The first-order valence-corrected chi connectivity index (χ1v) is 4.57. The van der Waals surface area contributed by atoms with Crippen molar-refractivity contribution in [3.63, 3.8) is 0 Å². The molecule has 1 aliphatic carbocycles. The van der Waals surface area contributed by atoms with Crippen molar-refractivity contribution in [2.45, 2.75) is 16.7 Å². The predicted octanol–water partition coefficient (Wildman–Crippen LogP) is 2.84. The lowest BCUT2D eigenvalue weighted by atomic mass is 10.1. The van der Waals surface area contributed by atoms with Crippen molar-refractivity contribution in [1.82, 2.24) is 0 Å². The van der Waals surface area contributed by atoms with Crippen LogP contribution in [0.5, 0.6) is 5.75 Å². The first kappa shape index (κ1) is 8.21. The summed E-state index contributed by atoms with van der Waals surface area (Å²) in [7, 11) is 0. The summed E-state index contributed by atoms with van der Waals surface area (Å²) >= 11 is 12.0. The molecule has 2 atom stereocenters. The molecule has 2 rings (SSSR count). The molecule has 0 saturated heterocycles. The molecule has 0 bridgehead atoms. The van der Waals surface area contributed by atoms with Crippen LogP contribution in [0.2, 0.25) is 0 Å². The standard InChI is InChI=1S/C9H8Cl2O/c10-8-5-9(8,11)6-3-1-2-4-7(6)12/h1-4,8,12H,5H2. The van der Waals surface area contributed by atoms with Crippen molar-refractivity contribution in [3.8, 4) is 5.75 Å². The normalized spacial score (nSPS) is 33.3. The molecule has 2 unspecified atom stereocenters. The van der Waals surface area contributed by atoms with Gasteiger partial charge in [0.25, 0.3) is 0 Å². The maximum Gasteiger partial charge on any atom is 0.120 e. The molecule has 1 aliphatic rings. The minimum absolute atomic E-state index is 0.0486. The van der Waals surface area contributed by atoms with Crippen LogP contribution in [0.15, 0.2) is 24.3 Å². The summed E-state index contributed by atoms with van der Waals surface area (Å²) < 4.78 is 0.